The Bertz CT molecular complexity index is 1010. The lowest BCUT2D eigenvalue weighted by Gasteiger charge is -2.45. The number of aliphatic hydroxyl groups excluding tert-OH is 1. The molecule has 2 aliphatic heterocycles. The number of benzene rings is 2. The monoisotopic (exact) mass is 502 g/mol. The second-order valence-corrected chi connectivity index (χ2v) is 9.70. The van der Waals surface area contributed by atoms with E-state index in [1.807, 2.05) is 6.07 Å². The maximum Gasteiger partial charge on any atom is 0.422 e. The third-order valence-corrected chi connectivity index (χ3v) is 6.66. The molecule has 4 rings (SSSR count). The lowest BCUT2D eigenvalue weighted by Crippen LogP contribution is -2.57. The van der Waals surface area contributed by atoms with Crippen molar-refractivity contribution in [3.63, 3.8) is 0 Å². The maximum atomic E-state index is 12.3. The molecule has 2 heterocycles. The number of hydrogen-bond acceptors (Lipinski definition) is 5. The van der Waals surface area contributed by atoms with Crippen molar-refractivity contribution in [2.75, 3.05) is 13.2 Å². The molecule has 2 aliphatic rings. The van der Waals surface area contributed by atoms with Gasteiger partial charge in [0.05, 0.1) is 18.3 Å². The van der Waals surface area contributed by atoms with Gasteiger partial charge in [0, 0.05) is 23.4 Å². The average molecular weight is 503 g/mol. The quantitative estimate of drug-likeness (QED) is 0.555. The summed E-state index contributed by atoms with van der Waals surface area (Å²) in [7, 11) is 0. The summed E-state index contributed by atoms with van der Waals surface area (Å²) in [4.78, 5) is 0. The molecule has 2 aromatic carbocycles. The summed E-state index contributed by atoms with van der Waals surface area (Å²) in [6.45, 7) is 2.07. The van der Waals surface area contributed by atoms with Gasteiger partial charge in [-0.2, -0.15) is 13.2 Å². The van der Waals surface area contributed by atoms with Gasteiger partial charge in [0.25, 0.3) is 0 Å². The minimum atomic E-state index is -4.40. The normalized spacial score (nSPS) is 26.8. The van der Waals surface area contributed by atoms with Crippen LogP contribution in [0.2, 0.25) is 5.02 Å². The van der Waals surface area contributed by atoms with Gasteiger partial charge < -0.3 is 24.4 Å². The van der Waals surface area contributed by atoms with Crippen LogP contribution in [0.1, 0.15) is 50.8 Å². The van der Waals surface area contributed by atoms with E-state index in [1.165, 1.54) is 12.1 Å². The molecule has 5 nitrogen and oxygen atoms in total. The van der Waals surface area contributed by atoms with Gasteiger partial charge in [-0.15, -0.1) is 0 Å². The molecule has 0 saturated carbocycles. The second-order valence-electron chi connectivity index (χ2n) is 9.29. The minimum absolute atomic E-state index is 0. The van der Waals surface area contributed by atoms with E-state index in [2.05, 4.69) is 0 Å². The maximum absolute atomic E-state index is 12.3. The van der Waals surface area contributed by atoms with Gasteiger partial charge in [-0.25, -0.2) is 0 Å². The zero-order valence-electron chi connectivity index (χ0n) is 18.3. The molecule has 1 unspecified atom stereocenters. The molecule has 2 saturated heterocycles. The molecule has 188 valence electrons. The standard InChI is InChI=1S/C24H26ClF3O5.CH4/c1-21(2,30)22-11-18(29)12-23(33-22,32-13-22)17-5-8-20(25)16(10-17)9-15-3-6-19(7-4-15)31-14-24(26,27)28;/h3-8,10,18,29-30H,9,11-14H2,1-2H3;1H4/t18?,22-,23-;/m1./s1. The van der Waals surface area contributed by atoms with Crippen molar-refractivity contribution >= 4 is 11.6 Å². The molecule has 0 spiro atoms. The first-order chi connectivity index (χ1) is 15.3. The highest BCUT2D eigenvalue weighted by atomic mass is 35.5. The van der Waals surface area contributed by atoms with E-state index in [0.29, 0.717) is 17.0 Å². The molecule has 2 bridgehead atoms. The Kier molecular flexibility index (Phi) is 7.33. The first-order valence-electron chi connectivity index (χ1n) is 10.6. The molecule has 0 amide bonds. The van der Waals surface area contributed by atoms with Crippen LogP contribution in [0.3, 0.4) is 0 Å². The highest BCUT2D eigenvalue weighted by Gasteiger charge is 2.62. The lowest BCUT2D eigenvalue weighted by molar-refractivity contribution is -0.274. The highest BCUT2D eigenvalue weighted by Crippen LogP contribution is 2.53. The average Bonchev–Trinajstić information content (AvgIpc) is 3.01. The summed E-state index contributed by atoms with van der Waals surface area (Å²) in [5.41, 5.74) is 0.0176. The van der Waals surface area contributed by atoms with E-state index in [-0.39, 0.29) is 32.6 Å². The summed E-state index contributed by atoms with van der Waals surface area (Å²) in [5, 5.41) is 21.7. The summed E-state index contributed by atoms with van der Waals surface area (Å²) >= 11 is 6.42. The SMILES string of the molecule is C.CC(C)(O)[C@]12CO[C@](c3ccc(Cl)c(Cc4ccc(OCC(F)(F)F)cc4)c3)(CC(O)C1)O2. The molecule has 34 heavy (non-hydrogen) atoms. The molecule has 0 radical (unpaired) electrons. The number of fused-ring (bicyclic) bond motifs is 2. The van der Waals surface area contributed by atoms with Crippen LogP contribution < -0.4 is 4.74 Å². The van der Waals surface area contributed by atoms with Crippen molar-refractivity contribution in [2.45, 2.75) is 69.8 Å². The largest absolute Gasteiger partial charge is 0.484 e. The van der Waals surface area contributed by atoms with Gasteiger partial charge in [0.2, 0.25) is 0 Å². The number of ether oxygens (including phenoxy) is 3. The third kappa shape index (κ3) is 5.36. The van der Waals surface area contributed by atoms with Gasteiger partial charge in [-0.3, -0.25) is 0 Å². The summed E-state index contributed by atoms with van der Waals surface area (Å²) in [6.07, 6.45) is -4.21. The van der Waals surface area contributed by atoms with Crippen LogP contribution in [0, 0.1) is 0 Å². The number of hydrogen-bond donors (Lipinski definition) is 2. The zero-order valence-corrected chi connectivity index (χ0v) is 19.0. The fraction of sp³-hybridized carbons (Fsp3) is 0.520. The zero-order chi connectivity index (χ0) is 24.1. The van der Waals surface area contributed by atoms with Crippen LogP contribution in [0.25, 0.3) is 0 Å². The van der Waals surface area contributed by atoms with Crippen molar-refractivity contribution in [3.8, 4) is 5.75 Å². The molecule has 2 aromatic rings. The number of alkyl halides is 3. The number of rotatable bonds is 6. The smallest absolute Gasteiger partial charge is 0.422 e. The first kappa shape index (κ1) is 26.8. The van der Waals surface area contributed by atoms with Gasteiger partial charge >= 0.3 is 6.18 Å². The molecular weight excluding hydrogens is 473 g/mol. The van der Waals surface area contributed by atoms with Crippen LogP contribution in [-0.2, 0) is 21.7 Å². The molecule has 0 aliphatic carbocycles. The number of halogens is 4. The summed E-state index contributed by atoms with van der Waals surface area (Å²) < 4.78 is 54.1. The van der Waals surface area contributed by atoms with Crippen molar-refractivity contribution in [2.24, 2.45) is 0 Å². The minimum Gasteiger partial charge on any atom is -0.484 e. The fourth-order valence-electron chi connectivity index (χ4n) is 4.42. The van der Waals surface area contributed by atoms with E-state index in [1.54, 1.807) is 38.1 Å². The van der Waals surface area contributed by atoms with Crippen LogP contribution in [-0.4, -0.2) is 46.9 Å². The van der Waals surface area contributed by atoms with Crippen LogP contribution in [0.15, 0.2) is 42.5 Å². The van der Waals surface area contributed by atoms with Gasteiger partial charge in [-0.1, -0.05) is 37.2 Å². The Hall–Kier alpha value is -1.84. The first-order valence-corrected chi connectivity index (χ1v) is 11.0. The predicted octanol–water partition coefficient (Wildman–Crippen LogP) is 5.37. The van der Waals surface area contributed by atoms with E-state index in [0.717, 1.165) is 11.1 Å². The molecule has 2 N–H and O–H groups in total. The molecule has 0 aromatic heterocycles. The van der Waals surface area contributed by atoms with Crippen LogP contribution in [0.5, 0.6) is 5.75 Å². The Morgan fingerprint density at radius 3 is 2.41 bits per heavy atom. The van der Waals surface area contributed by atoms with Crippen molar-refractivity contribution in [1.29, 1.82) is 0 Å². The second kappa shape index (κ2) is 9.32. The van der Waals surface area contributed by atoms with Crippen LogP contribution in [0.4, 0.5) is 13.2 Å². The molecule has 9 heteroatoms. The Morgan fingerprint density at radius 2 is 1.79 bits per heavy atom. The summed E-state index contributed by atoms with van der Waals surface area (Å²) in [5.74, 6) is -1.08. The van der Waals surface area contributed by atoms with Crippen LogP contribution >= 0.6 is 11.6 Å². The molecule has 2 fully saturated rings. The Balaban J connectivity index is 0.00000324. The Morgan fingerprint density at radius 1 is 1.12 bits per heavy atom. The topological polar surface area (TPSA) is 68.2 Å². The van der Waals surface area contributed by atoms with Gasteiger partial charge in [0.1, 0.15) is 11.4 Å². The molecular formula is C25H30ClF3O5. The van der Waals surface area contributed by atoms with E-state index >= 15 is 0 Å². The van der Waals surface area contributed by atoms with Gasteiger partial charge in [-0.05, 0) is 55.7 Å². The van der Waals surface area contributed by atoms with Crippen molar-refractivity contribution in [1.82, 2.24) is 0 Å². The third-order valence-electron chi connectivity index (χ3n) is 6.29. The van der Waals surface area contributed by atoms with E-state index in [4.69, 9.17) is 25.8 Å². The molecule has 3 atom stereocenters. The predicted molar refractivity (Wildman–Crippen MR) is 122 cm³/mol. The highest BCUT2D eigenvalue weighted by molar-refractivity contribution is 6.31. The van der Waals surface area contributed by atoms with Gasteiger partial charge in [0.15, 0.2) is 12.4 Å². The van der Waals surface area contributed by atoms with Crippen molar-refractivity contribution < 1.29 is 37.6 Å². The Labute approximate surface area is 202 Å². The van der Waals surface area contributed by atoms with Crippen molar-refractivity contribution in [3.05, 3.63) is 64.2 Å². The van der Waals surface area contributed by atoms with E-state index < -0.39 is 35.9 Å². The summed E-state index contributed by atoms with van der Waals surface area (Å²) in [6, 6.07) is 11.7. The van der Waals surface area contributed by atoms with E-state index in [9.17, 15) is 23.4 Å². The number of aliphatic hydroxyl groups is 2. The lowest BCUT2D eigenvalue weighted by atomic mass is 9.78. The fourth-order valence-corrected chi connectivity index (χ4v) is 4.60.